The summed E-state index contributed by atoms with van der Waals surface area (Å²) in [6.45, 7) is 1.88. The number of nitrogens with zero attached hydrogens (tertiary/aromatic N) is 1. The molecule has 1 unspecified atom stereocenters. The highest BCUT2D eigenvalue weighted by Crippen LogP contribution is 2.27. The van der Waals surface area contributed by atoms with Gasteiger partial charge in [-0.05, 0) is 36.8 Å². The van der Waals surface area contributed by atoms with Gasteiger partial charge >= 0.3 is 6.18 Å². The van der Waals surface area contributed by atoms with Crippen molar-refractivity contribution in [1.82, 2.24) is 5.32 Å². The van der Waals surface area contributed by atoms with Crippen LogP contribution in [0.4, 0.5) is 18.9 Å². The molecule has 1 amide bonds. The van der Waals surface area contributed by atoms with Crippen LogP contribution >= 0.6 is 11.6 Å². The van der Waals surface area contributed by atoms with Gasteiger partial charge in [0.1, 0.15) is 5.70 Å². The van der Waals surface area contributed by atoms with Crippen LogP contribution in [0.5, 0.6) is 0 Å². The molecular weight excluding hydrogens is 419 g/mol. The van der Waals surface area contributed by atoms with Crippen molar-refractivity contribution in [3.63, 3.8) is 0 Å². The van der Waals surface area contributed by atoms with Gasteiger partial charge in [-0.3, -0.25) is 4.79 Å². The Kier molecular flexibility index (Phi) is 8.02. The molecule has 0 aliphatic carbocycles. The van der Waals surface area contributed by atoms with Gasteiger partial charge in [-0.15, -0.1) is 0 Å². The monoisotopic (exact) mass is 439 g/mol. The number of nitrogens with one attached hydrogen (secondary N) is 1. The van der Waals surface area contributed by atoms with Gasteiger partial charge in [0, 0.05) is 17.7 Å². The highest BCUT2D eigenvalue weighted by Gasteiger charge is 2.31. The van der Waals surface area contributed by atoms with Crippen molar-refractivity contribution in [2.75, 3.05) is 6.54 Å². The third-order valence-electron chi connectivity index (χ3n) is 4.13. The number of amides is 1. The van der Waals surface area contributed by atoms with Crippen molar-refractivity contribution >= 4 is 28.9 Å². The fourth-order valence-electron chi connectivity index (χ4n) is 2.33. The van der Waals surface area contributed by atoms with E-state index in [1.807, 2.05) is 0 Å². The number of aliphatic hydroxyl groups is 1. The average Bonchev–Trinajstić information content (AvgIpc) is 2.72. The molecule has 0 saturated heterocycles. The third-order valence-corrected chi connectivity index (χ3v) is 4.44. The number of alkyl halides is 3. The van der Waals surface area contributed by atoms with Crippen molar-refractivity contribution in [3.8, 4) is 0 Å². The second kappa shape index (κ2) is 10.3. The van der Waals surface area contributed by atoms with Crippen LogP contribution in [0.3, 0.4) is 0 Å². The Hall–Kier alpha value is -2.84. The minimum Gasteiger partial charge on any atom is -0.395 e. The highest BCUT2D eigenvalue weighted by molar-refractivity contribution is 6.33. The first kappa shape index (κ1) is 23.4. The predicted molar refractivity (Wildman–Crippen MR) is 111 cm³/mol. The minimum atomic E-state index is -4.72. The summed E-state index contributed by atoms with van der Waals surface area (Å²) in [7, 11) is 0. The van der Waals surface area contributed by atoms with Crippen LogP contribution in [0.1, 0.15) is 29.3 Å². The average molecular weight is 440 g/mol. The molecule has 0 heterocycles. The predicted octanol–water partition coefficient (Wildman–Crippen LogP) is 4.37. The maximum atomic E-state index is 12.9. The van der Waals surface area contributed by atoms with Crippen LogP contribution in [-0.2, 0) is 0 Å². The highest BCUT2D eigenvalue weighted by atomic mass is 35.5. The quantitative estimate of drug-likeness (QED) is 0.560. The van der Waals surface area contributed by atoms with Gasteiger partial charge in [0.15, 0.2) is 0 Å². The maximum Gasteiger partial charge on any atom is 0.430 e. The number of nitrogens with two attached hydrogens (primary N) is 1. The van der Waals surface area contributed by atoms with Crippen LogP contribution in [0.15, 0.2) is 65.3 Å². The molecule has 4 N–H and O–H groups in total. The van der Waals surface area contributed by atoms with E-state index in [2.05, 4.69) is 10.3 Å². The molecular formula is C21H21ClF3N3O2. The molecule has 160 valence electrons. The smallest absolute Gasteiger partial charge is 0.395 e. The van der Waals surface area contributed by atoms with E-state index in [-0.39, 0.29) is 28.5 Å². The molecule has 0 aliphatic rings. The fraction of sp³-hybridized carbons (Fsp3) is 0.238. The number of aliphatic imine (C=N–C) groups is 1. The van der Waals surface area contributed by atoms with Crippen molar-refractivity contribution in [2.45, 2.75) is 25.6 Å². The van der Waals surface area contributed by atoms with E-state index < -0.39 is 23.9 Å². The lowest BCUT2D eigenvalue weighted by Crippen LogP contribution is -2.31. The number of halogens is 4. The Balaban J connectivity index is 2.37. The molecule has 0 aromatic heterocycles. The number of rotatable bonds is 7. The molecule has 0 radical (unpaired) electrons. The van der Waals surface area contributed by atoms with Crippen LogP contribution < -0.4 is 11.1 Å². The summed E-state index contributed by atoms with van der Waals surface area (Å²) in [5, 5.41) is 12.4. The van der Waals surface area contributed by atoms with E-state index in [1.54, 1.807) is 31.2 Å². The van der Waals surface area contributed by atoms with Gasteiger partial charge < -0.3 is 16.2 Å². The van der Waals surface area contributed by atoms with Crippen molar-refractivity contribution < 1.29 is 23.1 Å². The Morgan fingerprint density at radius 1 is 1.20 bits per heavy atom. The van der Waals surface area contributed by atoms with Gasteiger partial charge in [-0.1, -0.05) is 42.8 Å². The van der Waals surface area contributed by atoms with Crippen molar-refractivity contribution in [2.24, 2.45) is 10.7 Å². The molecule has 0 spiro atoms. The molecule has 2 aromatic carbocycles. The van der Waals surface area contributed by atoms with E-state index in [1.165, 1.54) is 24.3 Å². The van der Waals surface area contributed by atoms with Gasteiger partial charge in [-0.25, -0.2) is 4.99 Å². The Labute approximate surface area is 177 Å². The zero-order chi connectivity index (χ0) is 22.3. The molecule has 0 aliphatic heterocycles. The molecule has 0 fully saturated rings. The Bertz CT molecular complexity index is 941. The van der Waals surface area contributed by atoms with Crippen LogP contribution in [0.2, 0.25) is 5.02 Å². The normalized spacial score (nSPS) is 13.8. The number of benzene rings is 2. The Morgan fingerprint density at radius 3 is 2.37 bits per heavy atom. The molecule has 1 atom stereocenters. The lowest BCUT2D eigenvalue weighted by atomic mass is 10.1. The van der Waals surface area contributed by atoms with Crippen LogP contribution in [0, 0.1) is 0 Å². The first-order chi connectivity index (χ1) is 14.1. The number of carbonyl (C=O) groups excluding carboxylic acids is 1. The molecule has 0 bridgehead atoms. The van der Waals surface area contributed by atoms with Crippen molar-refractivity contribution in [1.29, 1.82) is 0 Å². The molecule has 2 rings (SSSR count). The second-order valence-electron chi connectivity index (χ2n) is 6.40. The van der Waals surface area contributed by atoms with E-state index in [0.29, 0.717) is 12.0 Å². The SMILES string of the molecule is CCC(O)CNC(=O)c1ccc(C(/C=C(\N)C(F)(F)F)=Nc2ccccc2Cl)cc1. The summed E-state index contributed by atoms with van der Waals surface area (Å²) in [5.74, 6) is -0.413. The summed E-state index contributed by atoms with van der Waals surface area (Å²) < 4.78 is 38.8. The third kappa shape index (κ3) is 6.60. The van der Waals surface area contributed by atoms with Gasteiger partial charge in [0.2, 0.25) is 0 Å². The summed E-state index contributed by atoms with van der Waals surface area (Å²) >= 11 is 6.07. The zero-order valence-electron chi connectivity index (χ0n) is 16.1. The molecule has 30 heavy (non-hydrogen) atoms. The van der Waals surface area contributed by atoms with Gasteiger partial charge in [0.25, 0.3) is 5.91 Å². The summed E-state index contributed by atoms with van der Waals surface area (Å²) in [5.41, 5.74) is 4.66. The zero-order valence-corrected chi connectivity index (χ0v) is 16.8. The molecule has 0 saturated carbocycles. The minimum absolute atomic E-state index is 0.0636. The number of carbonyl (C=O) groups is 1. The summed E-state index contributed by atoms with van der Waals surface area (Å²) in [4.78, 5) is 16.4. The maximum absolute atomic E-state index is 12.9. The van der Waals surface area contributed by atoms with E-state index in [4.69, 9.17) is 17.3 Å². The summed E-state index contributed by atoms with van der Waals surface area (Å²) in [6, 6.07) is 12.3. The number of allylic oxidation sites excluding steroid dienone is 2. The molecule has 5 nitrogen and oxygen atoms in total. The summed E-state index contributed by atoms with van der Waals surface area (Å²) in [6.07, 6.45) is -4.16. The molecule has 9 heteroatoms. The molecule has 2 aromatic rings. The second-order valence-corrected chi connectivity index (χ2v) is 6.80. The van der Waals surface area contributed by atoms with Crippen LogP contribution in [-0.4, -0.2) is 35.6 Å². The van der Waals surface area contributed by atoms with E-state index in [0.717, 1.165) is 6.08 Å². The van der Waals surface area contributed by atoms with Gasteiger partial charge in [0.05, 0.1) is 22.5 Å². The standard InChI is InChI=1S/C21H21ClF3N3O2/c1-2-15(29)12-27-20(30)14-9-7-13(8-10-14)18(11-19(26)21(23,24)25)28-17-6-4-3-5-16(17)22/h3-11,15,29H,2,12,26H2,1H3,(H,27,30)/b19-11-,28-18?. The number of aliphatic hydroxyl groups excluding tert-OH is 1. The number of para-hydroxylation sites is 1. The Morgan fingerprint density at radius 2 is 1.80 bits per heavy atom. The lowest BCUT2D eigenvalue weighted by Gasteiger charge is -2.11. The largest absolute Gasteiger partial charge is 0.430 e. The van der Waals surface area contributed by atoms with Crippen LogP contribution in [0.25, 0.3) is 0 Å². The first-order valence-electron chi connectivity index (χ1n) is 9.06. The number of hydrogen-bond acceptors (Lipinski definition) is 4. The van der Waals surface area contributed by atoms with Crippen molar-refractivity contribution in [3.05, 3.63) is 76.5 Å². The topological polar surface area (TPSA) is 87.7 Å². The number of hydrogen-bond donors (Lipinski definition) is 3. The fourth-order valence-corrected chi connectivity index (χ4v) is 2.51. The first-order valence-corrected chi connectivity index (χ1v) is 9.44. The van der Waals surface area contributed by atoms with E-state index in [9.17, 15) is 23.1 Å². The van der Waals surface area contributed by atoms with Gasteiger partial charge in [-0.2, -0.15) is 13.2 Å². The lowest BCUT2D eigenvalue weighted by molar-refractivity contribution is -0.0925. The van der Waals surface area contributed by atoms with E-state index >= 15 is 0 Å².